The summed E-state index contributed by atoms with van der Waals surface area (Å²) in [7, 11) is 0. The fourth-order valence-corrected chi connectivity index (χ4v) is 5.09. The van der Waals surface area contributed by atoms with Gasteiger partial charge in [0.05, 0.1) is 16.3 Å². The molecule has 1 aliphatic rings. The second-order valence-electron chi connectivity index (χ2n) is 7.93. The van der Waals surface area contributed by atoms with Gasteiger partial charge in [0.25, 0.3) is 5.91 Å². The Bertz CT molecular complexity index is 1450. The largest absolute Gasteiger partial charge is 0.457 e. The quantitative estimate of drug-likeness (QED) is 0.251. The van der Waals surface area contributed by atoms with E-state index in [4.69, 9.17) is 9.41 Å². The number of aliphatic imine (C=N–C) groups is 1. The number of rotatable bonds is 4. The van der Waals surface area contributed by atoms with Gasteiger partial charge in [0.2, 0.25) is 0 Å². The number of carbonyl (C=O) groups is 1. The molecule has 2 heterocycles. The van der Waals surface area contributed by atoms with Crippen molar-refractivity contribution in [2.24, 2.45) is 4.99 Å². The number of thioether (sulfide) groups is 1. The molecule has 1 aromatic heterocycles. The van der Waals surface area contributed by atoms with Crippen LogP contribution in [0.4, 0.5) is 11.4 Å². The zero-order chi connectivity index (χ0) is 23.7. The molecule has 0 bridgehead atoms. The van der Waals surface area contributed by atoms with Crippen LogP contribution in [0.15, 0.2) is 104 Å². The molecule has 0 N–H and O–H groups in total. The van der Waals surface area contributed by atoms with Crippen LogP contribution in [-0.4, -0.2) is 11.1 Å². The fraction of sp³-hybridized carbons (Fsp3) is 0.0714. The van der Waals surface area contributed by atoms with E-state index in [9.17, 15) is 4.79 Å². The number of nitrogens with zero attached hydrogens (tertiary/aromatic N) is 2. The maximum Gasteiger partial charge on any atom is 0.271 e. The lowest BCUT2D eigenvalue weighted by Gasteiger charge is -2.18. The molecular weight excluding hydrogens is 508 g/mol. The summed E-state index contributed by atoms with van der Waals surface area (Å²) in [5, 5.41) is 0.624. The highest BCUT2D eigenvalue weighted by molar-refractivity contribution is 9.10. The normalized spacial score (nSPS) is 16.1. The van der Waals surface area contributed by atoms with E-state index in [-0.39, 0.29) is 5.91 Å². The van der Waals surface area contributed by atoms with Crippen molar-refractivity contribution in [3.05, 3.63) is 111 Å². The number of aryl methyl sites for hydroxylation is 2. The van der Waals surface area contributed by atoms with Crippen LogP contribution in [-0.2, 0) is 4.79 Å². The summed E-state index contributed by atoms with van der Waals surface area (Å²) in [5.41, 5.74) is 4.69. The second-order valence-corrected chi connectivity index (χ2v) is 9.86. The zero-order valence-corrected chi connectivity index (χ0v) is 21.1. The van der Waals surface area contributed by atoms with Gasteiger partial charge in [-0.3, -0.25) is 9.69 Å². The minimum atomic E-state index is -0.118. The Labute approximate surface area is 211 Å². The summed E-state index contributed by atoms with van der Waals surface area (Å²) in [6.07, 6.45) is 1.79. The Hall–Kier alpha value is -3.35. The Morgan fingerprint density at radius 1 is 0.912 bits per heavy atom. The summed E-state index contributed by atoms with van der Waals surface area (Å²) < 4.78 is 7.03. The molecule has 3 aromatic carbocycles. The van der Waals surface area contributed by atoms with Crippen LogP contribution in [0.1, 0.15) is 16.9 Å². The fourth-order valence-electron chi connectivity index (χ4n) is 3.72. The van der Waals surface area contributed by atoms with Gasteiger partial charge in [-0.05, 0) is 73.1 Å². The molecule has 0 atom stereocenters. The van der Waals surface area contributed by atoms with E-state index >= 15 is 0 Å². The summed E-state index contributed by atoms with van der Waals surface area (Å²) in [6, 6.07) is 27.5. The van der Waals surface area contributed by atoms with Gasteiger partial charge in [-0.1, -0.05) is 64.5 Å². The monoisotopic (exact) mass is 528 g/mol. The van der Waals surface area contributed by atoms with Crippen molar-refractivity contribution in [3.8, 4) is 11.3 Å². The van der Waals surface area contributed by atoms with Crippen LogP contribution >= 0.6 is 27.7 Å². The standard InChI is InChI=1S/C28H21BrN2O2S/c1-18-8-3-5-12-23(18)30-28-31(24-13-6-4-9-19(24)2)27(32)26(34-28)17-22-14-15-25(33-22)20-10-7-11-21(29)16-20/h3-17H,1-2H3/b26-17-,30-28?. The lowest BCUT2D eigenvalue weighted by Crippen LogP contribution is -2.29. The molecule has 4 nitrogen and oxygen atoms in total. The lowest BCUT2D eigenvalue weighted by atomic mass is 10.2. The number of hydrogen-bond donors (Lipinski definition) is 0. The molecule has 0 aliphatic carbocycles. The van der Waals surface area contributed by atoms with Crippen LogP contribution < -0.4 is 4.90 Å². The van der Waals surface area contributed by atoms with Gasteiger partial charge in [0.1, 0.15) is 11.5 Å². The molecule has 0 spiro atoms. The number of furan rings is 1. The predicted molar refractivity (Wildman–Crippen MR) is 144 cm³/mol. The van der Waals surface area contributed by atoms with Crippen LogP contribution in [0, 0.1) is 13.8 Å². The first-order valence-corrected chi connectivity index (χ1v) is 12.4. The van der Waals surface area contributed by atoms with Crippen molar-refractivity contribution in [3.63, 3.8) is 0 Å². The maximum atomic E-state index is 13.6. The van der Waals surface area contributed by atoms with Crippen molar-refractivity contribution in [1.29, 1.82) is 0 Å². The van der Waals surface area contributed by atoms with Gasteiger partial charge in [-0.15, -0.1) is 0 Å². The van der Waals surface area contributed by atoms with Crippen molar-refractivity contribution in [2.75, 3.05) is 4.90 Å². The van der Waals surface area contributed by atoms with E-state index in [0.29, 0.717) is 15.8 Å². The van der Waals surface area contributed by atoms with E-state index in [2.05, 4.69) is 15.9 Å². The average molecular weight is 529 g/mol. The number of amidine groups is 1. The third-order valence-corrected chi connectivity index (χ3v) is 6.97. The lowest BCUT2D eigenvalue weighted by molar-refractivity contribution is -0.113. The Balaban J connectivity index is 1.54. The molecule has 34 heavy (non-hydrogen) atoms. The predicted octanol–water partition coefficient (Wildman–Crippen LogP) is 8.13. The minimum Gasteiger partial charge on any atom is -0.457 e. The topological polar surface area (TPSA) is 45.8 Å². The molecule has 5 rings (SSSR count). The molecule has 1 aliphatic heterocycles. The van der Waals surface area contributed by atoms with Crippen molar-refractivity contribution in [2.45, 2.75) is 13.8 Å². The zero-order valence-electron chi connectivity index (χ0n) is 18.7. The smallest absolute Gasteiger partial charge is 0.271 e. The number of amides is 1. The highest BCUT2D eigenvalue weighted by atomic mass is 79.9. The minimum absolute atomic E-state index is 0.118. The molecule has 168 valence electrons. The molecular formula is C28H21BrN2O2S. The van der Waals surface area contributed by atoms with Crippen LogP contribution in [0.25, 0.3) is 17.4 Å². The number of halogens is 1. The number of anilines is 1. The van der Waals surface area contributed by atoms with Crippen molar-refractivity contribution < 1.29 is 9.21 Å². The number of para-hydroxylation sites is 2. The molecule has 1 saturated heterocycles. The van der Waals surface area contributed by atoms with Gasteiger partial charge < -0.3 is 4.42 Å². The number of hydrogen-bond acceptors (Lipinski definition) is 4. The molecule has 0 saturated carbocycles. The van der Waals surface area contributed by atoms with Crippen LogP contribution in [0.2, 0.25) is 0 Å². The second kappa shape index (κ2) is 9.49. The Kier molecular flexibility index (Phi) is 6.26. The summed E-state index contributed by atoms with van der Waals surface area (Å²) in [4.78, 5) is 20.7. The molecule has 0 unspecified atom stereocenters. The Morgan fingerprint density at radius 2 is 1.68 bits per heavy atom. The first kappa shape index (κ1) is 22.4. The molecule has 1 amide bonds. The first-order valence-electron chi connectivity index (χ1n) is 10.8. The molecule has 0 radical (unpaired) electrons. The Morgan fingerprint density at radius 3 is 2.44 bits per heavy atom. The summed E-state index contributed by atoms with van der Waals surface area (Å²) in [5.74, 6) is 1.24. The van der Waals surface area contributed by atoms with E-state index in [0.717, 1.165) is 38.3 Å². The van der Waals surface area contributed by atoms with Gasteiger partial charge >= 0.3 is 0 Å². The van der Waals surface area contributed by atoms with Crippen LogP contribution in [0.5, 0.6) is 0 Å². The molecule has 6 heteroatoms. The third-order valence-electron chi connectivity index (χ3n) is 5.50. The highest BCUT2D eigenvalue weighted by Crippen LogP contribution is 2.39. The van der Waals surface area contributed by atoms with E-state index < -0.39 is 0 Å². The van der Waals surface area contributed by atoms with Gasteiger partial charge in [0, 0.05) is 16.1 Å². The summed E-state index contributed by atoms with van der Waals surface area (Å²) in [6.45, 7) is 4.01. The molecule has 4 aromatic rings. The van der Waals surface area contributed by atoms with Gasteiger partial charge in [-0.2, -0.15) is 0 Å². The average Bonchev–Trinajstić information content (AvgIpc) is 3.41. The first-order chi connectivity index (χ1) is 16.5. The number of carbonyl (C=O) groups excluding carboxylic acids is 1. The summed E-state index contributed by atoms with van der Waals surface area (Å²) >= 11 is 4.85. The van der Waals surface area contributed by atoms with E-state index in [1.807, 2.05) is 98.8 Å². The van der Waals surface area contributed by atoms with E-state index in [1.165, 1.54) is 11.8 Å². The van der Waals surface area contributed by atoms with Gasteiger partial charge in [0.15, 0.2) is 5.17 Å². The van der Waals surface area contributed by atoms with Crippen molar-refractivity contribution in [1.82, 2.24) is 0 Å². The molecule has 1 fully saturated rings. The van der Waals surface area contributed by atoms with E-state index in [1.54, 1.807) is 11.0 Å². The highest BCUT2D eigenvalue weighted by Gasteiger charge is 2.35. The number of benzene rings is 3. The van der Waals surface area contributed by atoms with Crippen LogP contribution in [0.3, 0.4) is 0 Å². The SMILES string of the molecule is Cc1ccccc1N=C1S/C(=C\c2ccc(-c3cccc(Br)c3)o2)C(=O)N1c1ccccc1C. The van der Waals surface area contributed by atoms with Crippen molar-refractivity contribution >= 4 is 56.2 Å². The third kappa shape index (κ3) is 4.52. The van der Waals surface area contributed by atoms with Gasteiger partial charge in [-0.25, -0.2) is 4.99 Å². The maximum absolute atomic E-state index is 13.6.